The van der Waals surface area contributed by atoms with E-state index in [4.69, 9.17) is 10.6 Å². The van der Waals surface area contributed by atoms with Gasteiger partial charge < -0.3 is 4.74 Å². The Morgan fingerprint density at radius 2 is 2.27 bits per heavy atom. The second-order valence-corrected chi connectivity index (χ2v) is 2.06. The molecule has 0 amide bonds. The molecule has 0 bridgehead atoms. The summed E-state index contributed by atoms with van der Waals surface area (Å²) in [7, 11) is 0. The van der Waals surface area contributed by atoms with E-state index in [2.05, 4.69) is 5.43 Å². The molecule has 0 fully saturated rings. The molecule has 4 nitrogen and oxygen atoms in total. The Balaban J connectivity index is 0. The van der Waals surface area contributed by atoms with E-state index in [1.54, 1.807) is 13.8 Å². The highest BCUT2D eigenvalue weighted by Crippen LogP contribution is 1.94. The maximum absolute atomic E-state index is 10.8. The summed E-state index contributed by atoms with van der Waals surface area (Å²) in [6, 6.07) is 0. The molecule has 3 N–H and O–H groups in total. The number of carbonyl (C=O) groups excluding carboxylic acids is 1. The summed E-state index contributed by atoms with van der Waals surface area (Å²) in [4.78, 5) is 10.8. The molecule has 0 heterocycles. The zero-order valence-corrected chi connectivity index (χ0v) is 7.61. The van der Waals surface area contributed by atoms with Crippen LogP contribution in [0.4, 0.5) is 0 Å². The van der Waals surface area contributed by atoms with Crippen LogP contribution in [0.3, 0.4) is 0 Å². The van der Waals surface area contributed by atoms with Crippen molar-refractivity contribution in [3.63, 3.8) is 0 Å². The number of nitrogens with one attached hydrogen (secondary N) is 1. The molecular weight excluding hydrogens is 168 g/mol. The third-order valence-electron chi connectivity index (χ3n) is 1.11. The number of halogens is 1. The van der Waals surface area contributed by atoms with Crippen molar-refractivity contribution in [3.8, 4) is 0 Å². The standard InChI is InChI=1S/C6H14N2O2.ClH/c1-3-10-6(9)5(2)4-8-7;/h5,8H,3-4,7H2,1-2H3;1H. The molecular formula is C6H15ClN2O2. The number of esters is 1. The molecule has 0 radical (unpaired) electrons. The smallest absolute Gasteiger partial charge is 0.309 e. The molecule has 11 heavy (non-hydrogen) atoms. The van der Waals surface area contributed by atoms with Gasteiger partial charge in [-0.2, -0.15) is 0 Å². The summed E-state index contributed by atoms with van der Waals surface area (Å²) in [6.07, 6.45) is 0. The fourth-order valence-corrected chi connectivity index (χ4v) is 0.545. The van der Waals surface area contributed by atoms with Crippen LogP contribution in [0.25, 0.3) is 0 Å². The number of carbonyl (C=O) groups is 1. The minimum absolute atomic E-state index is 0. The lowest BCUT2D eigenvalue weighted by atomic mass is 10.2. The van der Waals surface area contributed by atoms with Crippen LogP contribution in [-0.4, -0.2) is 19.1 Å². The third-order valence-corrected chi connectivity index (χ3v) is 1.11. The molecule has 0 aromatic rings. The highest BCUT2D eigenvalue weighted by Gasteiger charge is 2.11. The van der Waals surface area contributed by atoms with Crippen LogP contribution < -0.4 is 11.3 Å². The normalized spacial score (nSPS) is 11.5. The Labute approximate surface area is 72.9 Å². The largest absolute Gasteiger partial charge is 0.466 e. The zero-order valence-electron chi connectivity index (χ0n) is 6.79. The highest BCUT2D eigenvalue weighted by atomic mass is 35.5. The summed E-state index contributed by atoms with van der Waals surface area (Å²) >= 11 is 0. The van der Waals surface area contributed by atoms with Gasteiger partial charge >= 0.3 is 5.97 Å². The van der Waals surface area contributed by atoms with E-state index in [1.165, 1.54) is 0 Å². The number of ether oxygens (including phenoxy) is 1. The summed E-state index contributed by atoms with van der Waals surface area (Å²) in [5.74, 6) is 4.64. The SMILES string of the molecule is CCOC(=O)C(C)CNN.Cl. The molecule has 0 aromatic heterocycles. The molecule has 0 aliphatic rings. The van der Waals surface area contributed by atoms with Gasteiger partial charge in [0.05, 0.1) is 12.5 Å². The van der Waals surface area contributed by atoms with Crippen LogP contribution in [0.1, 0.15) is 13.8 Å². The van der Waals surface area contributed by atoms with Crippen molar-refractivity contribution in [3.05, 3.63) is 0 Å². The van der Waals surface area contributed by atoms with Crippen molar-refractivity contribution >= 4 is 18.4 Å². The summed E-state index contributed by atoms with van der Waals surface area (Å²) in [6.45, 7) is 4.42. The van der Waals surface area contributed by atoms with Gasteiger partial charge in [-0.25, -0.2) is 0 Å². The van der Waals surface area contributed by atoms with Gasteiger partial charge in [-0.1, -0.05) is 6.92 Å². The second kappa shape index (κ2) is 7.78. The van der Waals surface area contributed by atoms with Crippen molar-refractivity contribution in [1.29, 1.82) is 0 Å². The van der Waals surface area contributed by atoms with E-state index in [-0.39, 0.29) is 24.3 Å². The van der Waals surface area contributed by atoms with Crippen molar-refractivity contribution < 1.29 is 9.53 Å². The topological polar surface area (TPSA) is 64.3 Å². The van der Waals surface area contributed by atoms with E-state index in [0.29, 0.717) is 13.2 Å². The van der Waals surface area contributed by atoms with Gasteiger partial charge in [0.25, 0.3) is 0 Å². The second-order valence-electron chi connectivity index (χ2n) is 2.06. The number of hydrogen-bond acceptors (Lipinski definition) is 4. The van der Waals surface area contributed by atoms with E-state index in [9.17, 15) is 4.79 Å². The zero-order chi connectivity index (χ0) is 7.98. The van der Waals surface area contributed by atoms with Gasteiger partial charge in [0.1, 0.15) is 0 Å². The first kappa shape index (κ1) is 13.3. The van der Waals surface area contributed by atoms with Crippen LogP contribution in [0.2, 0.25) is 0 Å². The molecule has 0 saturated heterocycles. The Morgan fingerprint density at radius 1 is 1.73 bits per heavy atom. The number of hydrogen-bond donors (Lipinski definition) is 2. The summed E-state index contributed by atoms with van der Waals surface area (Å²) < 4.78 is 4.72. The number of hydrazine groups is 1. The highest BCUT2D eigenvalue weighted by molar-refractivity contribution is 5.85. The fraction of sp³-hybridized carbons (Fsp3) is 0.833. The molecule has 0 spiro atoms. The van der Waals surface area contributed by atoms with Crippen molar-refractivity contribution in [2.24, 2.45) is 11.8 Å². The predicted octanol–water partition coefficient (Wildman–Crippen LogP) is 0.0707. The lowest BCUT2D eigenvalue weighted by molar-refractivity contribution is -0.147. The van der Waals surface area contributed by atoms with Crippen LogP contribution >= 0.6 is 12.4 Å². The number of nitrogens with two attached hydrogens (primary N) is 1. The summed E-state index contributed by atoms with van der Waals surface area (Å²) in [5.41, 5.74) is 2.41. The maximum atomic E-state index is 10.8. The maximum Gasteiger partial charge on any atom is 0.309 e. The first-order chi connectivity index (χ1) is 4.72. The van der Waals surface area contributed by atoms with Crippen molar-refractivity contribution in [2.45, 2.75) is 13.8 Å². The quantitative estimate of drug-likeness (QED) is 0.367. The molecule has 0 saturated carbocycles. The Morgan fingerprint density at radius 3 is 2.64 bits per heavy atom. The minimum Gasteiger partial charge on any atom is -0.466 e. The average Bonchev–Trinajstić information content (AvgIpc) is 1.89. The molecule has 1 unspecified atom stereocenters. The van der Waals surface area contributed by atoms with E-state index in [0.717, 1.165) is 0 Å². The minimum atomic E-state index is -0.208. The van der Waals surface area contributed by atoms with Gasteiger partial charge in [-0.3, -0.25) is 16.1 Å². The van der Waals surface area contributed by atoms with Crippen LogP contribution in [-0.2, 0) is 9.53 Å². The van der Waals surface area contributed by atoms with Crippen molar-refractivity contribution in [1.82, 2.24) is 5.43 Å². The molecule has 0 aromatic carbocycles. The molecule has 0 aliphatic carbocycles. The Kier molecular flexibility index (Phi) is 9.40. The van der Waals surface area contributed by atoms with Gasteiger partial charge in [0.2, 0.25) is 0 Å². The van der Waals surface area contributed by atoms with E-state index in [1.807, 2.05) is 0 Å². The lowest BCUT2D eigenvalue weighted by Crippen LogP contribution is -2.32. The van der Waals surface area contributed by atoms with Crippen LogP contribution in [0, 0.1) is 5.92 Å². The van der Waals surface area contributed by atoms with E-state index < -0.39 is 0 Å². The van der Waals surface area contributed by atoms with E-state index >= 15 is 0 Å². The number of rotatable bonds is 4. The molecule has 5 heteroatoms. The van der Waals surface area contributed by atoms with Gasteiger partial charge in [-0.05, 0) is 6.92 Å². The molecule has 68 valence electrons. The first-order valence-corrected chi connectivity index (χ1v) is 3.32. The molecule has 1 atom stereocenters. The van der Waals surface area contributed by atoms with Crippen LogP contribution in [0.5, 0.6) is 0 Å². The van der Waals surface area contributed by atoms with Gasteiger partial charge in [0.15, 0.2) is 0 Å². The van der Waals surface area contributed by atoms with Gasteiger partial charge in [-0.15, -0.1) is 12.4 Å². The predicted molar refractivity (Wildman–Crippen MR) is 45.2 cm³/mol. The average molecular weight is 183 g/mol. The van der Waals surface area contributed by atoms with Gasteiger partial charge in [0, 0.05) is 6.54 Å². The Bertz CT molecular complexity index is 111. The third kappa shape index (κ3) is 6.09. The first-order valence-electron chi connectivity index (χ1n) is 3.32. The molecule has 0 rings (SSSR count). The molecule has 0 aliphatic heterocycles. The van der Waals surface area contributed by atoms with Crippen LogP contribution in [0.15, 0.2) is 0 Å². The Hall–Kier alpha value is -0.320. The fourth-order valence-electron chi connectivity index (χ4n) is 0.545. The van der Waals surface area contributed by atoms with Crippen molar-refractivity contribution in [2.75, 3.05) is 13.2 Å². The lowest BCUT2D eigenvalue weighted by Gasteiger charge is -2.08. The monoisotopic (exact) mass is 182 g/mol. The summed E-state index contributed by atoms with van der Waals surface area (Å²) in [5, 5.41) is 0.